The molecule has 0 unspecified atom stereocenters. The van der Waals surface area contributed by atoms with Gasteiger partial charge in [-0.25, -0.2) is 0 Å². The van der Waals surface area contributed by atoms with Gasteiger partial charge >= 0.3 is 0 Å². The van der Waals surface area contributed by atoms with E-state index in [1.807, 2.05) is 45.0 Å². The molecule has 0 spiro atoms. The van der Waals surface area contributed by atoms with E-state index in [0.29, 0.717) is 6.61 Å². The molecule has 0 amide bonds. The lowest BCUT2D eigenvalue weighted by atomic mass is 10.1. The lowest BCUT2D eigenvalue weighted by Gasteiger charge is -2.25. The molecule has 1 aliphatic heterocycles. The lowest BCUT2D eigenvalue weighted by molar-refractivity contribution is -0.159. The summed E-state index contributed by atoms with van der Waals surface area (Å²) in [6.45, 7) is 10.3. The maximum absolute atomic E-state index is 6.04. The molecule has 0 aliphatic carbocycles. The maximum atomic E-state index is 6.04. The van der Waals surface area contributed by atoms with Gasteiger partial charge in [-0.2, -0.15) is 0 Å². The first kappa shape index (κ1) is 15.2. The Morgan fingerprint density at radius 1 is 1.30 bits per heavy atom. The van der Waals surface area contributed by atoms with Gasteiger partial charge in [-0.3, -0.25) is 0 Å². The number of ether oxygens (including phenoxy) is 3. The van der Waals surface area contributed by atoms with Gasteiger partial charge in [0.25, 0.3) is 0 Å². The van der Waals surface area contributed by atoms with Crippen molar-refractivity contribution in [3.8, 4) is 0 Å². The second kappa shape index (κ2) is 6.53. The summed E-state index contributed by atoms with van der Waals surface area (Å²) in [4.78, 5) is 0. The highest BCUT2D eigenvalue weighted by Gasteiger charge is 2.42. The van der Waals surface area contributed by atoms with E-state index in [1.165, 1.54) is 0 Å². The summed E-state index contributed by atoms with van der Waals surface area (Å²) in [5.74, 6) is -0.542. The molecule has 1 heterocycles. The molecule has 1 aromatic carbocycles. The van der Waals surface area contributed by atoms with Crippen LogP contribution in [0.3, 0.4) is 0 Å². The molecule has 1 aliphatic rings. The van der Waals surface area contributed by atoms with Crippen molar-refractivity contribution in [1.82, 2.24) is 0 Å². The quantitative estimate of drug-likeness (QED) is 0.742. The van der Waals surface area contributed by atoms with Crippen LogP contribution in [0, 0.1) is 0 Å². The standard InChI is InChI=1S/C17H24O3/c1-5-9-15(16-13(2)19-17(3,4)20-16)18-12-14-10-7-6-8-11-14/h5-8,10-11,13,15-16H,1,9,12H2,2-4H3/t13-,15-,16-/m1/s1. The molecule has 1 saturated heterocycles. The zero-order valence-corrected chi connectivity index (χ0v) is 12.5. The Balaban J connectivity index is 1.98. The molecule has 3 heteroatoms. The van der Waals surface area contributed by atoms with Crippen molar-refractivity contribution >= 4 is 0 Å². The Labute approximate surface area is 121 Å². The van der Waals surface area contributed by atoms with Crippen molar-refractivity contribution in [3.05, 3.63) is 48.6 Å². The summed E-state index contributed by atoms with van der Waals surface area (Å²) in [6, 6.07) is 10.2. The van der Waals surface area contributed by atoms with E-state index in [2.05, 4.69) is 18.7 Å². The Morgan fingerprint density at radius 2 is 2.00 bits per heavy atom. The summed E-state index contributed by atoms with van der Waals surface area (Å²) in [5.41, 5.74) is 1.16. The first-order valence-corrected chi connectivity index (χ1v) is 7.14. The van der Waals surface area contributed by atoms with Crippen LogP contribution in [0.15, 0.2) is 43.0 Å². The highest BCUT2D eigenvalue weighted by molar-refractivity contribution is 5.13. The third kappa shape index (κ3) is 3.92. The minimum Gasteiger partial charge on any atom is -0.370 e. The monoisotopic (exact) mass is 276 g/mol. The average molecular weight is 276 g/mol. The van der Waals surface area contributed by atoms with Crippen LogP contribution in [-0.4, -0.2) is 24.1 Å². The fraction of sp³-hybridized carbons (Fsp3) is 0.529. The minimum absolute atomic E-state index is 0.0192. The third-order valence-electron chi connectivity index (χ3n) is 3.42. The van der Waals surface area contributed by atoms with Crippen LogP contribution in [-0.2, 0) is 20.8 Å². The third-order valence-corrected chi connectivity index (χ3v) is 3.42. The van der Waals surface area contributed by atoms with Crippen molar-refractivity contribution in [1.29, 1.82) is 0 Å². The molecule has 0 radical (unpaired) electrons. The Bertz CT molecular complexity index is 427. The Kier molecular flexibility index (Phi) is 4.97. The van der Waals surface area contributed by atoms with Crippen molar-refractivity contribution < 1.29 is 14.2 Å². The van der Waals surface area contributed by atoms with E-state index in [1.54, 1.807) is 0 Å². The van der Waals surface area contributed by atoms with E-state index in [-0.39, 0.29) is 18.3 Å². The molecule has 2 rings (SSSR count). The van der Waals surface area contributed by atoms with Gasteiger partial charge in [-0.1, -0.05) is 36.4 Å². The summed E-state index contributed by atoms with van der Waals surface area (Å²) in [5, 5.41) is 0. The van der Waals surface area contributed by atoms with Crippen LogP contribution in [0.4, 0.5) is 0 Å². The fourth-order valence-electron chi connectivity index (χ4n) is 2.58. The smallest absolute Gasteiger partial charge is 0.163 e. The normalized spacial score (nSPS) is 26.4. The molecule has 0 aromatic heterocycles. The number of rotatable bonds is 6. The van der Waals surface area contributed by atoms with E-state index < -0.39 is 5.79 Å². The molecular formula is C17H24O3. The van der Waals surface area contributed by atoms with E-state index in [9.17, 15) is 0 Å². The second-order valence-electron chi connectivity index (χ2n) is 5.66. The van der Waals surface area contributed by atoms with Crippen molar-refractivity contribution in [2.75, 3.05) is 0 Å². The van der Waals surface area contributed by atoms with Gasteiger partial charge in [0.1, 0.15) is 6.10 Å². The van der Waals surface area contributed by atoms with Crippen LogP contribution >= 0.6 is 0 Å². The summed E-state index contributed by atoms with van der Waals surface area (Å²) in [7, 11) is 0. The number of hydrogen-bond acceptors (Lipinski definition) is 3. The number of hydrogen-bond donors (Lipinski definition) is 0. The zero-order valence-electron chi connectivity index (χ0n) is 12.5. The molecule has 20 heavy (non-hydrogen) atoms. The topological polar surface area (TPSA) is 27.7 Å². The Hall–Kier alpha value is -1.16. The predicted octanol–water partition coefficient (Wildman–Crippen LogP) is 3.69. The van der Waals surface area contributed by atoms with Gasteiger partial charge in [-0.05, 0) is 32.8 Å². The van der Waals surface area contributed by atoms with Crippen molar-refractivity contribution in [2.24, 2.45) is 0 Å². The van der Waals surface area contributed by atoms with Gasteiger partial charge in [0.2, 0.25) is 0 Å². The molecular weight excluding hydrogens is 252 g/mol. The summed E-state index contributed by atoms with van der Waals surface area (Å²) in [6.07, 6.45) is 2.54. The molecule has 0 N–H and O–H groups in total. The van der Waals surface area contributed by atoms with Gasteiger partial charge in [0.15, 0.2) is 5.79 Å². The van der Waals surface area contributed by atoms with Gasteiger partial charge in [-0.15, -0.1) is 6.58 Å². The SMILES string of the molecule is C=CC[C@@H](OCc1ccccc1)[C@@H]1OC(C)(C)O[C@@H]1C. The average Bonchev–Trinajstić information content (AvgIpc) is 2.69. The van der Waals surface area contributed by atoms with Gasteiger partial charge in [0, 0.05) is 0 Å². The highest BCUT2D eigenvalue weighted by Crippen LogP contribution is 2.32. The number of benzene rings is 1. The highest BCUT2D eigenvalue weighted by atomic mass is 16.8. The van der Waals surface area contributed by atoms with Gasteiger partial charge in [0.05, 0.1) is 18.8 Å². The van der Waals surface area contributed by atoms with Crippen LogP contribution < -0.4 is 0 Å². The predicted molar refractivity (Wildman–Crippen MR) is 79.3 cm³/mol. The van der Waals surface area contributed by atoms with Crippen LogP contribution in [0.2, 0.25) is 0 Å². The minimum atomic E-state index is -0.542. The van der Waals surface area contributed by atoms with Gasteiger partial charge < -0.3 is 14.2 Å². The summed E-state index contributed by atoms with van der Waals surface area (Å²) >= 11 is 0. The van der Waals surface area contributed by atoms with E-state index in [4.69, 9.17) is 14.2 Å². The van der Waals surface area contributed by atoms with E-state index in [0.717, 1.165) is 12.0 Å². The van der Waals surface area contributed by atoms with Crippen molar-refractivity contribution in [2.45, 2.75) is 57.9 Å². The zero-order chi connectivity index (χ0) is 14.6. The maximum Gasteiger partial charge on any atom is 0.163 e. The van der Waals surface area contributed by atoms with Crippen LogP contribution in [0.1, 0.15) is 32.8 Å². The molecule has 0 saturated carbocycles. The molecule has 3 nitrogen and oxygen atoms in total. The molecule has 3 atom stereocenters. The fourth-order valence-corrected chi connectivity index (χ4v) is 2.58. The molecule has 1 fully saturated rings. The largest absolute Gasteiger partial charge is 0.370 e. The molecule has 110 valence electrons. The Morgan fingerprint density at radius 3 is 2.55 bits per heavy atom. The second-order valence-corrected chi connectivity index (χ2v) is 5.66. The van der Waals surface area contributed by atoms with E-state index >= 15 is 0 Å². The van der Waals surface area contributed by atoms with Crippen LogP contribution in [0.5, 0.6) is 0 Å². The molecule has 0 bridgehead atoms. The first-order valence-electron chi connectivity index (χ1n) is 7.14. The summed E-state index contributed by atoms with van der Waals surface area (Å²) < 4.78 is 17.8. The van der Waals surface area contributed by atoms with Crippen molar-refractivity contribution in [3.63, 3.8) is 0 Å². The molecule has 1 aromatic rings. The lowest BCUT2D eigenvalue weighted by Crippen LogP contribution is -2.35. The first-order chi connectivity index (χ1) is 9.52. The van der Waals surface area contributed by atoms with Crippen LogP contribution in [0.25, 0.3) is 0 Å².